The monoisotopic (exact) mass is 246 g/mol. The number of benzene rings is 1. The Hall–Kier alpha value is -2.30. The zero-order chi connectivity index (χ0) is 13.3. The number of carbonyl (C=O) groups is 1. The molecule has 94 valence electrons. The molecule has 0 fully saturated rings. The first-order valence-electron chi connectivity index (χ1n) is 5.59. The van der Waals surface area contributed by atoms with Gasteiger partial charge in [0.05, 0.1) is 5.56 Å². The number of carboxylic acid groups (broad SMARTS) is 1. The minimum absolute atomic E-state index is 0.216. The van der Waals surface area contributed by atoms with E-state index in [0.717, 1.165) is 4.73 Å². The lowest BCUT2D eigenvalue weighted by molar-refractivity contribution is -0.599. The van der Waals surface area contributed by atoms with E-state index in [1.54, 1.807) is 26.0 Å². The molecule has 0 aliphatic rings. The van der Waals surface area contributed by atoms with Crippen LogP contribution in [-0.4, -0.2) is 15.6 Å². The molecular formula is C13H14N2O3. The van der Waals surface area contributed by atoms with Crippen LogP contribution in [-0.2, 0) is 11.3 Å². The zero-order valence-corrected chi connectivity index (χ0v) is 10.3. The van der Waals surface area contributed by atoms with E-state index in [0.29, 0.717) is 22.8 Å². The lowest BCUT2D eigenvalue weighted by Crippen LogP contribution is -2.31. The van der Waals surface area contributed by atoms with Crippen molar-refractivity contribution in [3.8, 4) is 11.4 Å². The van der Waals surface area contributed by atoms with Crippen molar-refractivity contribution in [1.29, 1.82) is 0 Å². The lowest BCUT2D eigenvalue weighted by Gasteiger charge is -2.05. The highest BCUT2D eigenvalue weighted by molar-refractivity contribution is 5.68. The molecule has 5 nitrogen and oxygen atoms in total. The first-order valence-corrected chi connectivity index (χ1v) is 5.59. The quantitative estimate of drug-likeness (QED) is 0.659. The summed E-state index contributed by atoms with van der Waals surface area (Å²) in [5.41, 5.74) is 1.91. The van der Waals surface area contributed by atoms with Gasteiger partial charge in [0.25, 0.3) is 5.82 Å². The van der Waals surface area contributed by atoms with Crippen LogP contribution in [0.5, 0.6) is 0 Å². The average molecular weight is 246 g/mol. The van der Waals surface area contributed by atoms with Crippen LogP contribution >= 0.6 is 0 Å². The molecule has 1 aromatic heterocycles. The van der Waals surface area contributed by atoms with Gasteiger partial charge >= 0.3 is 5.97 Å². The standard InChI is InChI=1S/C13H14N2O3/c1-9-10(2)15(18)13(14(9)8-12(16)17)11-6-4-3-5-7-11/h3-7H,8H2,1-2H3,(H,16,17). The minimum Gasteiger partial charge on any atom is -0.710 e. The summed E-state index contributed by atoms with van der Waals surface area (Å²) in [5.74, 6) is -0.598. The van der Waals surface area contributed by atoms with E-state index in [4.69, 9.17) is 5.11 Å². The molecule has 0 atom stereocenters. The van der Waals surface area contributed by atoms with E-state index in [9.17, 15) is 10.0 Å². The second kappa shape index (κ2) is 4.52. The van der Waals surface area contributed by atoms with Gasteiger partial charge in [-0.3, -0.25) is 0 Å². The van der Waals surface area contributed by atoms with Crippen molar-refractivity contribution in [2.45, 2.75) is 20.4 Å². The number of carboxylic acids is 1. The maximum atomic E-state index is 12.1. The summed E-state index contributed by atoms with van der Waals surface area (Å²) < 4.78 is 2.31. The lowest BCUT2D eigenvalue weighted by atomic mass is 10.2. The van der Waals surface area contributed by atoms with Crippen LogP contribution in [0.1, 0.15) is 11.4 Å². The topological polar surface area (TPSA) is 69.2 Å². The molecular weight excluding hydrogens is 232 g/mol. The summed E-state index contributed by atoms with van der Waals surface area (Å²) in [6.07, 6.45) is 0. The number of imidazole rings is 1. The molecule has 0 spiro atoms. The second-order valence-electron chi connectivity index (χ2n) is 4.13. The summed E-state index contributed by atoms with van der Waals surface area (Å²) in [4.78, 5) is 10.9. The van der Waals surface area contributed by atoms with E-state index in [-0.39, 0.29) is 6.54 Å². The van der Waals surface area contributed by atoms with E-state index < -0.39 is 5.97 Å². The molecule has 0 saturated carbocycles. The largest absolute Gasteiger partial charge is 0.710 e. The first-order chi connectivity index (χ1) is 8.52. The number of rotatable bonds is 3. The van der Waals surface area contributed by atoms with Gasteiger partial charge < -0.3 is 10.3 Å². The number of aromatic nitrogens is 2. The van der Waals surface area contributed by atoms with Crippen LogP contribution in [0, 0.1) is 19.1 Å². The van der Waals surface area contributed by atoms with Gasteiger partial charge in [0.2, 0.25) is 0 Å². The molecule has 0 unspecified atom stereocenters. The van der Waals surface area contributed by atoms with Crippen LogP contribution in [0.2, 0.25) is 0 Å². The predicted molar refractivity (Wildman–Crippen MR) is 65.9 cm³/mol. The van der Waals surface area contributed by atoms with Crippen molar-refractivity contribution < 1.29 is 14.6 Å². The van der Waals surface area contributed by atoms with Crippen LogP contribution in [0.4, 0.5) is 0 Å². The fourth-order valence-corrected chi connectivity index (χ4v) is 1.96. The van der Waals surface area contributed by atoms with Gasteiger partial charge in [0.1, 0.15) is 11.4 Å². The normalized spacial score (nSPS) is 10.6. The third kappa shape index (κ3) is 1.95. The zero-order valence-electron chi connectivity index (χ0n) is 10.3. The molecule has 1 N–H and O–H groups in total. The Morgan fingerprint density at radius 3 is 2.50 bits per heavy atom. The van der Waals surface area contributed by atoms with Gasteiger partial charge in [0.15, 0.2) is 6.54 Å². The van der Waals surface area contributed by atoms with Gasteiger partial charge in [-0.15, -0.1) is 0 Å². The molecule has 1 heterocycles. The number of hydrogen-bond acceptors (Lipinski definition) is 2. The Morgan fingerprint density at radius 1 is 1.33 bits per heavy atom. The number of hydrogen-bond donors (Lipinski definition) is 1. The van der Waals surface area contributed by atoms with Gasteiger partial charge in [-0.05, 0) is 12.1 Å². The fraction of sp³-hybridized carbons (Fsp3) is 0.231. The first kappa shape index (κ1) is 12.2. The molecule has 0 aliphatic carbocycles. The van der Waals surface area contributed by atoms with Crippen molar-refractivity contribution in [3.63, 3.8) is 0 Å². The molecule has 18 heavy (non-hydrogen) atoms. The summed E-state index contributed by atoms with van der Waals surface area (Å²) >= 11 is 0. The van der Waals surface area contributed by atoms with E-state index in [1.807, 2.05) is 18.2 Å². The molecule has 2 rings (SSSR count). The fourth-order valence-electron chi connectivity index (χ4n) is 1.96. The van der Waals surface area contributed by atoms with E-state index >= 15 is 0 Å². The Balaban J connectivity index is 2.65. The van der Waals surface area contributed by atoms with Crippen LogP contribution in [0.25, 0.3) is 11.4 Å². The highest BCUT2D eigenvalue weighted by Crippen LogP contribution is 2.19. The Morgan fingerprint density at radius 2 is 1.94 bits per heavy atom. The Labute approximate surface area is 105 Å². The Kier molecular flexibility index (Phi) is 3.06. The van der Waals surface area contributed by atoms with E-state index in [2.05, 4.69) is 0 Å². The SMILES string of the molecule is Cc1c(C)[n+]([O-])c(-c2ccccc2)n1CC(=O)O. The summed E-state index contributed by atoms with van der Waals surface area (Å²) in [6, 6.07) is 9.07. The summed E-state index contributed by atoms with van der Waals surface area (Å²) in [7, 11) is 0. The molecule has 0 saturated heterocycles. The smallest absolute Gasteiger partial charge is 0.346 e. The molecule has 0 bridgehead atoms. The summed E-state index contributed by atoms with van der Waals surface area (Å²) in [5, 5.41) is 21.0. The minimum atomic E-state index is -0.967. The van der Waals surface area contributed by atoms with Crippen molar-refractivity contribution in [1.82, 2.24) is 4.57 Å². The third-order valence-electron chi connectivity index (χ3n) is 3.01. The number of nitrogens with zero attached hydrogens (tertiary/aromatic N) is 2. The van der Waals surface area contributed by atoms with Gasteiger partial charge in [-0.2, -0.15) is 0 Å². The van der Waals surface area contributed by atoms with Crippen LogP contribution < -0.4 is 4.73 Å². The highest BCUT2D eigenvalue weighted by atomic mass is 16.5. The van der Waals surface area contributed by atoms with Crippen LogP contribution in [0.15, 0.2) is 30.3 Å². The third-order valence-corrected chi connectivity index (χ3v) is 3.01. The van der Waals surface area contributed by atoms with Crippen LogP contribution in [0.3, 0.4) is 0 Å². The number of aliphatic carboxylic acids is 1. The van der Waals surface area contributed by atoms with Gasteiger partial charge in [0, 0.05) is 13.8 Å². The van der Waals surface area contributed by atoms with Crippen molar-refractivity contribution in [2.24, 2.45) is 0 Å². The van der Waals surface area contributed by atoms with Crippen molar-refractivity contribution in [3.05, 3.63) is 46.9 Å². The predicted octanol–water partition coefficient (Wildman–Crippen LogP) is 1.49. The maximum Gasteiger partial charge on any atom is 0.346 e. The maximum absolute atomic E-state index is 12.1. The van der Waals surface area contributed by atoms with Gasteiger partial charge in [-0.1, -0.05) is 18.2 Å². The molecule has 0 radical (unpaired) electrons. The molecule has 2 aromatic rings. The average Bonchev–Trinajstić information content (AvgIpc) is 2.55. The summed E-state index contributed by atoms with van der Waals surface area (Å²) in [6.45, 7) is 3.22. The molecule has 0 aliphatic heterocycles. The molecule has 1 aromatic carbocycles. The van der Waals surface area contributed by atoms with Gasteiger partial charge in [-0.25, -0.2) is 14.1 Å². The second-order valence-corrected chi connectivity index (χ2v) is 4.13. The van der Waals surface area contributed by atoms with E-state index in [1.165, 1.54) is 4.57 Å². The molecule has 5 heteroatoms. The van der Waals surface area contributed by atoms with Crippen molar-refractivity contribution in [2.75, 3.05) is 0 Å². The Bertz CT molecular complexity index is 588. The molecule has 0 amide bonds. The highest BCUT2D eigenvalue weighted by Gasteiger charge is 2.24. The van der Waals surface area contributed by atoms with Crippen molar-refractivity contribution >= 4 is 5.97 Å².